The highest BCUT2D eigenvalue weighted by atomic mass is 32.2. The molecule has 0 aliphatic rings. The molecule has 1 N–H and O–H groups in total. The van der Waals surface area contributed by atoms with Gasteiger partial charge < -0.3 is 5.32 Å². The van der Waals surface area contributed by atoms with Gasteiger partial charge in [-0.25, -0.2) is 0 Å². The van der Waals surface area contributed by atoms with E-state index in [-0.39, 0.29) is 0 Å². The van der Waals surface area contributed by atoms with Crippen molar-refractivity contribution in [1.82, 2.24) is 5.32 Å². The third-order valence-corrected chi connectivity index (χ3v) is 3.54. The van der Waals surface area contributed by atoms with Gasteiger partial charge >= 0.3 is 0 Å². The highest BCUT2D eigenvalue weighted by molar-refractivity contribution is 7.99. The minimum Gasteiger partial charge on any atom is -0.316 e. The van der Waals surface area contributed by atoms with Crippen molar-refractivity contribution in [3.63, 3.8) is 0 Å². The van der Waals surface area contributed by atoms with Crippen molar-refractivity contribution < 1.29 is 0 Å². The Bertz CT molecular complexity index is 104. The number of hydrogen-bond donors (Lipinski definition) is 1. The van der Waals surface area contributed by atoms with Crippen molar-refractivity contribution in [2.24, 2.45) is 5.92 Å². The van der Waals surface area contributed by atoms with Gasteiger partial charge in [-0.3, -0.25) is 0 Å². The maximum absolute atomic E-state index is 3.37. The molecule has 0 bridgehead atoms. The first-order valence-electron chi connectivity index (χ1n) is 5.47. The average Bonchev–Trinajstić information content (AvgIpc) is 2.10. The summed E-state index contributed by atoms with van der Waals surface area (Å²) >= 11 is 2.09. The molecular formula is C11H25NS. The second kappa shape index (κ2) is 8.89. The molecule has 0 aromatic heterocycles. The fourth-order valence-electron chi connectivity index (χ4n) is 1.27. The van der Waals surface area contributed by atoms with Crippen molar-refractivity contribution >= 4 is 11.8 Å². The summed E-state index contributed by atoms with van der Waals surface area (Å²) in [6, 6.07) is 0.687. The first-order chi connectivity index (χ1) is 6.22. The molecule has 0 rings (SSSR count). The van der Waals surface area contributed by atoms with Gasteiger partial charge in [0.25, 0.3) is 0 Å². The zero-order valence-electron chi connectivity index (χ0n) is 9.60. The Labute approximate surface area is 88.1 Å². The minimum atomic E-state index is 0.687. The van der Waals surface area contributed by atoms with E-state index in [1.807, 2.05) is 0 Å². The van der Waals surface area contributed by atoms with Gasteiger partial charge in [-0.15, -0.1) is 0 Å². The summed E-state index contributed by atoms with van der Waals surface area (Å²) in [6.07, 6.45) is 4.11. The first kappa shape index (κ1) is 13.3. The largest absolute Gasteiger partial charge is 0.316 e. The summed E-state index contributed by atoms with van der Waals surface area (Å²) in [6.45, 7) is 6.83. The van der Waals surface area contributed by atoms with Crippen LogP contribution in [0, 0.1) is 5.92 Å². The zero-order valence-corrected chi connectivity index (χ0v) is 10.4. The summed E-state index contributed by atoms with van der Waals surface area (Å²) in [5.41, 5.74) is 0. The van der Waals surface area contributed by atoms with Gasteiger partial charge in [0.05, 0.1) is 0 Å². The van der Waals surface area contributed by atoms with Crippen LogP contribution < -0.4 is 5.32 Å². The predicted octanol–water partition coefficient (Wildman–Crippen LogP) is 3.15. The van der Waals surface area contributed by atoms with Gasteiger partial charge in [0.15, 0.2) is 0 Å². The van der Waals surface area contributed by atoms with E-state index < -0.39 is 0 Å². The predicted molar refractivity (Wildman–Crippen MR) is 64.5 cm³/mol. The van der Waals surface area contributed by atoms with Crippen molar-refractivity contribution in [3.8, 4) is 0 Å². The third-order valence-electron chi connectivity index (χ3n) is 2.37. The van der Waals surface area contributed by atoms with Crippen LogP contribution in [0.25, 0.3) is 0 Å². The van der Waals surface area contributed by atoms with Crippen molar-refractivity contribution in [3.05, 3.63) is 0 Å². The number of nitrogens with one attached hydrogen (secondary N) is 1. The molecule has 0 saturated carbocycles. The third kappa shape index (κ3) is 7.39. The van der Waals surface area contributed by atoms with Gasteiger partial charge in [0, 0.05) is 11.8 Å². The van der Waals surface area contributed by atoms with Gasteiger partial charge in [0.2, 0.25) is 0 Å². The van der Waals surface area contributed by atoms with Crippen molar-refractivity contribution in [1.29, 1.82) is 0 Å². The van der Waals surface area contributed by atoms with Crippen LogP contribution in [0.5, 0.6) is 0 Å². The highest BCUT2D eigenvalue weighted by Gasteiger charge is 2.09. The normalized spacial score (nSPS) is 13.6. The molecular weight excluding hydrogens is 178 g/mol. The van der Waals surface area contributed by atoms with Crippen LogP contribution in [0.1, 0.15) is 40.0 Å². The van der Waals surface area contributed by atoms with Crippen LogP contribution in [0.2, 0.25) is 0 Å². The van der Waals surface area contributed by atoms with Crippen molar-refractivity contribution in [2.75, 3.05) is 18.6 Å². The smallest absolute Gasteiger partial charge is 0.0178 e. The number of thioether (sulfide) groups is 1. The summed E-state index contributed by atoms with van der Waals surface area (Å²) in [5.74, 6) is 3.35. The van der Waals surface area contributed by atoms with E-state index in [1.54, 1.807) is 0 Å². The fourth-order valence-corrected chi connectivity index (χ4v) is 2.65. The molecule has 0 amide bonds. The standard InChI is InChI=1S/C11H25NS/c1-5-6-7-8-13-9-11(12-4)10(2)3/h10-12H,5-9H2,1-4H3. The van der Waals surface area contributed by atoms with Crippen LogP contribution in [0.3, 0.4) is 0 Å². The van der Waals surface area contributed by atoms with E-state index in [0.29, 0.717) is 6.04 Å². The SMILES string of the molecule is CCCCCSCC(NC)C(C)C. The average molecular weight is 203 g/mol. The Morgan fingerprint density at radius 2 is 1.92 bits per heavy atom. The van der Waals surface area contributed by atoms with Crippen LogP contribution in [-0.2, 0) is 0 Å². The topological polar surface area (TPSA) is 12.0 Å². The maximum Gasteiger partial charge on any atom is 0.0178 e. The Hall–Kier alpha value is 0.310. The van der Waals surface area contributed by atoms with Gasteiger partial charge in [-0.1, -0.05) is 33.6 Å². The molecule has 0 spiro atoms. The Morgan fingerprint density at radius 1 is 1.23 bits per heavy atom. The van der Waals surface area contributed by atoms with Gasteiger partial charge in [-0.05, 0) is 25.1 Å². The molecule has 0 fully saturated rings. The molecule has 80 valence electrons. The number of hydrogen-bond acceptors (Lipinski definition) is 2. The molecule has 0 aromatic rings. The van der Waals surface area contributed by atoms with E-state index in [0.717, 1.165) is 5.92 Å². The summed E-state index contributed by atoms with van der Waals surface area (Å²) < 4.78 is 0. The lowest BCUT2D eigenvalue weighted by Crippen LogP contribution is -2.33. The lowest BCUT2D eigenvalue weighted by molar-refractivity contribution is 0.465. The monoisotopic (exact) mass is 203 g/mol. The number of unbranched alkanes of at least 4 members (excludes halogenated alkanes) is 2. The molecule has 0 aliphatic carbocycles. The molecule has 0 radical (unpaired) electrons. The molecule has 0 aliphatic heterocycles. The van der Waals surface area contributed by atoms with E-state index in [2.05, 4.69) is 44.9 Å². The maximum atomic E-state index is 3.37. The summed E-state index contributed by atoms with van der Waals surface area (Å²) in [5, 5.41) is 3.37. The lowest BCUT2D eigenvalue weighted by atomic mass is 10.1. The summed E-state index contributed by atoms with van der Waals surface area (Å²) in [4.78, 5) is 0. The molecule has 0 aromatic carbocycles. The molecule has 13 heavy (non-hydrogen) atoms. The van der Waals surface area contributed by atoms with Crippen molar-refractivity contribution in [2.45, 2.75) is 46.1 Å². The Balaban J connectivity index is 3.28. The second-order valence-electron chi connectivity index (χ2n) is 3.92. The molecule has 1 nitrogen and oxygen atoms in total. The minimum absolute atomic E-state index is 0.687. The first-order valence-corrected chi connectivity index (χ1v) is 6.62. The quantitative estimate of drug-likeness (QED) is 0.608. The molecule has 1 atom stereocenters. The zero-order chi connectivity index (χ0) is 10.1. The molecule has 2 heteroatoms. The van der Waals surface area contributed by atoms with Crippen LogP contribution >= 0.6 is 11.8 Å². The van der Waals surface area contributed by atoms with E-state index in [9.17, 15) is 0 Å². The Kier molecular flexibility index (Phi) is 9.10. The van der Waals surface area contributed by atoms with E-state index in [4.69, 9.17) is 0 Å². The van der Waals surface area contributed by atoms with Gasteiger partial charge in [-0.2, -0.15) is 11.8 Å². The molecule has 0 heterocycles. The van der Waals surface area contributed by atoms with E-state index >= 15 is 0 Å². The number of rotatable bonds is 8. The summed E-state index contributed by atoms with van der Waals surface area (Å²) in [7, 11) is 2.07. The van der Waals surface area contributed by atoms with E-state index in [1.165, 1.54) is 30.8 Å². The molecule has 1 unspecified atom stereocenters. The van der Waals surface area contributed by atoms with Crippen LogP contribution in [-0.4, -0.2) is 24.6 Å². The van der Waals surface area contributed by atoms with Crippen LogP contribution in [0.4, 0.5) is 0 Å². The second-order valence-corrected chi connectivity index (χ2v) is 5.07. The fraction of sp³-hybridized carbons (Fsp3) is 1.00. The lowest BCUT2D eigenvalue weighted by Gasteiger charge is -2.19. The molecule has 0 saturated heterocycles. The highest BCUT2D eigenvalue weighted by Crippen LogP contribution is 2.12. The Morgan fingerprint density at radius 3 is 2.38 bits per heavy atom. The van der Waals surface area contributed by atoms with Gasteiger partial charge in [0.1, 0.15) is 0 Å². The van der Waals surface area contributed by atoms with Crippen LogP contribution in [0.15, 0.2) is 0 Å².